The van der Waals surface area contributed by atoms with Crippen LogP contribution in [0.1, 0.15) is 11.7 Å². The molecule has 1 aromatic carbocycles. The highest BCUT2D eigenvalue weighted by atomic mass is 16.5. The quantitative estimate of drug-likeness (QED) is 0.672. The first-order valence-corrected chi connectivity index (χ1v) is 9.01. The van der Waals surface area contributed by atoms with Crippen molar-refractivity contribution in [1.82, 2.24) is 14.5 Å². The molecule has 0 amide bonds. The van der Waals surface area contributed by atoms with Crippen LogP contribution in [0.3, 0.4) is 0 Å². The zero-order valence-electron chi connectivity index (χ0n) is 15.4. The fourth-order valence-electron chi connectivity index (χ4n) is 3.32. The summed E-state index contributed by atoms with van der Waals surface area (Å²) in [5.74, 6) is 0.601. The molecule has 1 aliphatic rings. The molecule has 1 fully saturated rings. The largest absolute Gasteiger partial charge is 0.370 e. The van der Waals surface area contributed by atoms with Crippen LogP contribution in [0.25, 0.3) is 11.3 Å². The van der Waals surface area contributed by atoms with Gasteiger partial charge in [-0.3, -0.25) is 25.0 Å². The normalized spacial score (nSPS) is 16.8. The number of nitrogens with one attached hydrogen (secondary N) is 1. The number of anilines is 2. The van der Waals surface area contributed by atoms with Gasteiger partial charge in [0, 0.05) is 37.6 Å². The number of aromatic nitrogens is 3. The van der Waals surface area contributed by atoms with Crippen LogP contribution in [-0.4, -0.2) is 39.4 Å². The number of hydrogen-bond donors (Lipinski definition) is 2. The van der Waals surface area contributed by atoms with Crippen LogP contribution in [-0.2, 0) is 11.8 Å². The van der Waals surface area contributed by atoms with E-state index in [2.05, 4.69) is 15.4 Å². The standard InChI is InChI=1S/C20H21N5O3/c1-24-19(26)12-17(14-5-7-21-8-6-14)22-20(24)25-9-10-28-18(13-25)15-3-2-4-16(11-15)23-27/h2-8,11-12,18,23,27H,9-10,13H2,1H3. The lowest BCUT2D eigenvalue weighted by atomic mass is 10.1. The summed E-state index contributed by atoms with van der Waals surface area (Å²) >= 11 is 0. The van der Waals surface area contributed by atoms with Crippen molar-refractivity contribution in [2.75, 3.05) is 30.1 Å². The van der Waals surface area contributed by atoms with Crippen molar-refractivity contribution in [3.8, 4) is 11.3 Å². The molecule has 0 bridgehead atoms. The summed E-state index contributed by atoms with van der Waals surface area (Å²) in [6.07, 6.45) is 3.17. The highest BCUT2D eigenvalue weighted by molar-refractivity contribution is 5.59. The first-order valence-electron chi connectivity index (χ1n) is 9.01. The van der Waals surface area contributed by atoms with E-state index in [4.69, 9.17) is 14.9 Å². The Morgan fingerprint density at radius 1 is 1.21 bits per heavy atom. The zero-order valence-corrected chi connectivity index (χ0v) is 15.4. The molecule has 1 aliphatic heterocycles. The summed E-state index contributed by atoms with van der Waals surface area (Å²) in [6.45, 7) is 1.69. The highest BCUT2D eigenvalue weighted by Crippen LogP contribution is 2.27. The van der Waals surface area contributed by atoms with Crippen molar-refractivity contribution in [2.24, 2.45) is 7.05 Å². The van der Waals surface area contributed by atoms with Crippen LogP contribution in [0.2, 0.25) is 0 Å². The number of hydrogen-bond acceptors (Lipinski definition) is 7. The van der Waals surface area contributed by atoms with Gasteiger partial charge >= 0.3 is 0 Å². The van der Waals surface area contributed by atoms with Crippen LogP contribution >= 0.6 is 0 Å². The van der Waals surface area contributed by atoms with E-state index in [-0.39, 0.29) is 11.7 Å². The fourth-order valence-corrected chi connectivity index (χ4v) is 3.32. The zero-order chi connectivity index (χ0) is 19.5. The lowest BCUT2D eigenvalue weighted by molar-refractivity contribution is 0.0390. The van der Waals surface area contributed by atoms with Crippen LogP contribution < -0.4 is 15.9 Å². The number of benzene rings is 1. The number of pyridine rings is 1. The maximum absolute atomic E-state index is 12.5. The minimum absolute atomic E-state index is 0.119. The molecule has 0 spiro atoms. The van der Waals surface area contributed by atoms with Crippen LogP contribution in [0.15, 0.2) is 59.7 Å². The van der Waals surface area contributed by atoms with E-state index in [9.17, 15) is 4.79 Å². The number of rotatable bonds is 4. The second kappa shape index (κ2) is 7.79. The molecule has 0 radical (unpaired) electrons. The van der Waals surface area contributed by atoms with Gasteiger partial charge in [0.25, 0.3) is 5.56 Å². The lowest BCUT2D eigenvalue weighted by Gasteiger charge is -2.34. The summed E-state index contributed by atoms with van der Waals surface area (Å²) < 4.78 is 7.48. The number of nitrogens with zero attached hydrogens (tertiary/aromatic N) is 4. The van der Waals surface area contributed by atoms with Gasteiger partial charge in [-0.1, -0.05) is 12.1 Å². The van der Waals surface area contributed by atoms with Crippen LogP contribution in [0, 0.1) is 0 Å². The van der Waals surface area contributed by atoms with Gasteiger partial charge in [-0.15, -0.1) is 0 Å². The molecule has 3 aromatic rings. The Labute approximate surface area is 162 Å². The van der Waals surface area contributed by atoms with E-state index in [0.717, 1.165) is 11.1 Å². The SMILES string of the molecule is Cn1c(N2CCOC(c3cccc(NO)c3)C2)nc(-c2ccncc2)cc1=O. The van der Waals surface area contributed by atoms with E-state index in [1.807, 2.05) is 30.3 Å². The van der Waals surface area contributed by atoms with Gasteiger partial charge in [0.2, 0.25) is 5.95 Å². The molecular formula is C20H21N5O3. The summed E-state index contributed by atoms with van der Waals surface area (Å²) in [6, 6.07) is 12.6. The van der Waals surface area contributed by atoms with E-state index < -0.39 is 0 Å². The van der Waals surface area contributed by atoms with Gasteiger partial charge in [0.1, 0.15) is 6.10 Å². The van der Waals surface area contributed by atoms with Crippen LogP contribution in [0.4, 0.5) is 11.6 Å². The second-order valence-electron chi connectivity index (χ2n) is 6.62. The molecule has 28 heavy (non-hydrogen) atoms. The Balaban J connectivity index is 1.66. The minimum atomic E-state index is -0.191. The molecule has 1 saturated heterocycles. The van der Waals surface area contributed by atoms with E-state index >= 15 is 0 Å². The molecular weight excluding hydrogens is 358 g/mol. The summed E-state index contributed by atoms with van der Waals surface area (Å²) in [5.41, 5.74) is 5.05. The average Bonchev–Trinajstić information content (AvgIpc) is 2.76. The fraction of sp³-hybridized carbons (Fsp3) is 0.250. The molecule has 8 heteroatoms. The first-order chi connectivity index (χ1) is 13.7. The molecule has 2 N–H and O–H groups in total. The van der Waals surface area contributed by atoms with E-state index in [1.165, 1.54) is 6.07 Å². The van der Waals surface area contributed by atoms with Crippen molar-refractivity contribution in [3.63, 3.8) is 0 Å². The Morgan fingerprint density at radius 2 is 2.04 bits per heavy atom. The van der Waals surface area contributed by atoms with Crippen molar-refractivity contribution in [1.29, 1.82) is 0 Å². The van der Waals surface area contributed by atoms with Gasteiger partial charge in [-0.25, -0.2) is 4.98 Å². The Kier molecular flexibility index (Phi) is 5.05. The summed E-state index contributed by atoms with van der Waals surface area (Å²) in [4.78, 5) is 23.3. The molecule has 1 atom stereocenters. The average molecular weight is 379 g/mol. The van der Waals surface area contributed by atoms with Crippen molar-refractivity contribution in [3.05, 3.63) is 70.8 Å². The molecule has 0 aliphatic carbocycles. The smallest absolute Gasteiger partial charge is 0.255 e. The van der Waals surface area contributed by atoms with Gasteiger partial charge < -0.3 is 9.64 Å². The van der Waals surface area contributed by atoms with E-state index in [1.54, 1.807) is 30.1 Å². The lowest BCUT2D eigenvalue weighted by Crippen LogP contribution is -2.41. The maximum Gasteiger partial charge on any atom is 0.255 e. The summed E-state index contributed by atoms with van der Waals surface area (Å²) in [7, 11) is 1.72. The molecule has 0 saturated carbocycles. The van der Waals surface area contributed by atoms with Gasteiger partial charge in [0.05, 0.1) is 24.5 Å². The van der Waals surface area contributed by atoms with Gasteiger partial charge in [0.15, 0.2) is 0 Å². The molecule has 3 heterocycles. The maximum atomic E-state index is 12.5. The summed E-state index contributed by atoms with van der Waals surface area (Å²) in [5, 5.41) is 9.14. The first kappa shape index (κ1) is 18.1. The Bertz CT molecular complexity index is 1020. The third kappa shape index (κ3) is 3.60. The van der Waals surface area contributed by atoms with Crippen molar-refractivity contribution < 1.29 is 9.94 Å². The van der Waals surface area contributed by atoms with Gasteiger partial charge in [-0.2, -0.15) is 0 Å². The molecule has 2 aromatic heterocycles. The Hall–Kier alpha value is -3.23. The third-order valence-electron chi connectivity index (χ3n) is 4.82. The molecule has 4 rings (SSSR count). The molecule has 8 nitrogen and oxygen atoms in total. The number of ether oxygens (including phenoxy) is 1. The van der Waals surface area contributed by atoms with Crippen molar-refractivity contribution in [2.45, 2.75) is 6.10 Å². The third-order valence-corrected chi connectivity index (χ3v) is 4.82. The monoisotopic (exact) mass is 379 g/mol. The van der Waals surface area contributed by atoms with E-state index in [0.29, 0.717) is 37.0 Å². The van der Waals surface area contributed by atoms with Crippen LogP contribution in [0.5, 0.6) is 0 Å². The van der Waals surface area contributed by atoms with Gasteiger partial charge in [-0.05, 0) is 29.8 Å². The van der Waals surface area contributed by atoms with Crippen molar-refractivity contribution >= 4 is 11.6 Å². The molecule has 144 valence electrons. The topological polar surface area (TPSA) is 92.5 Å². The minimum Gasteiger partial charge on any atom is -0.370 e. The predicted molar refractivity (Wildman–Crippen MR) is 105 cm³/mol. The Morgan fingerprint density at radius 3 is 2.82 bits per heavy atom. The number of morpholine rings is 1. The molecule has 1 unspecified atom stereocenters. The highest BCUT2D eigenvalue weighted by Gasteiger charge is 2.25. The second-order valence-corrected chi connectivity index (χ2v) is 6.62. The predicted octanol–water partition coefficient (Wildman–Crippen LogP) is 2.22.